The molecule has 0 radical (unpaired) electrons. The second-order valence-corrected chi connectivity index (χ2v) is 7.25. The van der Waals surface area contributed by atoms with Gasteiger partial charge in [0, 0.05) is 17.7 Å². The summed E-state index contributed by atoms with van der Waals surface area (Å²) in [4.78, 5) is 36.0. The van der Waals surface area contributed by atoms with Crippen molar-refractivity contribution < 1.29 is 23.6 Å². The topological polar surface area (TPSA) is 102 Å². The quantitative estimate of drug-likeness (QED) is 0.250. The summed E-state index contributed by atoms with van der Waals surface area (Å²) < 4.78 is 19.6. The Morgan fingerprint density at radius 1 is 1.00 bits per heavy atom. The minimum atomic E-state index is -0.613. The fraction of sp³-hybridized carbons (Fsp3) is 0.0833. The van der Waals surface area contributed by atoms with Gasteiger partial charge in [-0.25, -0.2) is 9.18 Å². The highest BCUT2D eigenvalue weighted by atomic mass is 19.1. The highest BCUT2D eigenvalue weighted by Crippen LogP contribution is 2.21. The maximum atomic E-state index is 13.9. The summed E-state index contributed by atoms with van der Waals surface area (Å²) in [5, 5.41) is 13.2. The van der Waals surface area contributed by atoms with Gasteiger partial charge in [-0.05, 0) is 47.5 Å². The third kappa shape index (κ3) is 5.04. The number of urea groups is 1. The first-order valence-corrected chi connectivity index (χ1v) is 9.95. The molecule has 1 fully saturated rings. The van der Waals surface area contributed by atoms with Crippen LogP contribution in [0.4, 0.5) is 14.9 Å². The number of hydrogen-bond donors (Lipinski definition) is 1. The zero-order valence-electron chi connectivity index (χ0n) is 17.2. The van der Waals surface area contributed by atoms with Gasteiger partial charge in [0.25, 0.3) is 11.6 Å². The average molecular weight is 447 g/mol. The van der Waals surface area contributed by atoms with E-state index < -0.39 is 22.7 Å². The molecule has 0 aromatic heterocycles. The summed E-state index contributed by atoms with van der Waals surface area (Å²) in [6, 6.07) is 18.3. The normalized spacial score (nSPS) is 14.5. The molecule has 0 unspecified atom stereocenters. The van der Waals surface area contributed by atoms with Crippen LogP contribution in [-0.2, 0) is 17.9 Å². The van der Waals surface area contributed by atoms with E-state index in [9.17, 15) is 24.1 Å². The number of imide groups is 1. The van der Waals surface area contributed by atoms with Crippen molar-refractivity contribution >= 4 is 23.7 Å². The number of non-ortho nitro benzene ring substituents is 1. The second kappa shape index (κ2) is 9.31. The smallest absolute Gasteiger partial charge is 0.329 e. The Morgan fingerprint density at radius 2 is 1.70 bits per heavy atom. The van der Waals surface area contributed by atoms with Crippen molar-refractivity contribution in [2.45, 2.75) is 13.2 Å². The molecule has 33 heavy (non-hydrogen) atoms. The molecule has 1 N–H and O–H groups in total. The van der Waals surface area contributed by atoms with Crippen molar-refractivity contribution in [3.63, 3.8) is 0 Å². The molecular formula is C24H18FN3O5. The molecule has 9 heteroatoms. The van der Waals surface area contributed by atoms with Gasteiger partial charge in [0.2, 0.25) is 0 Å². The number of benzene rings is 3. The number of rotatable bonds is 7. The Morgan fingerprint density at radius 3 is 2.36 bits per heavy atom. The molecule has 0 saturated carbocycles. The molecule has 0 aliphatic carbocycles. The molecular weight excluding hydrogens is 429 g/mol. The van der Waals surface area contributed by atoms with E-state index in [-0.39, 0.29) is 30.1 Å². The van der Waals surface area contributed by atoms with Crippen LogP contribution in [0, 0.1) is 15.9 Å². The van der Waals surface area contributed by atoms with Crippen LogP contribution in [0.2, 0.25) is 0 Å². The van der Waals surface area contributed by atoms with E-state index in [0.29, 0.717) is 11.3 Å². The zero-order valence-corrected chi connectivity index (χ0v) is 17.2. The van der Waals surface area contributed by atoms with Crippen LogP contribution >= 0.6 is 0 Å². The number of nitro benzene ring substituents is 1. The molecule has 1 aliphatic heterocycles. The molecule has 0 bridgehead atoms. The lowest BCUT2D eigenvalue weighted by molar-refractivity contribution is -0.384. The van der Waals surface area contributed by atoms with Crippen molar-refractivity contribution in [2.24, 2.45) is 0 Å². The Kier molecular flexibility index (Phi) is 6.12. The predicted molar refractivity (Wildman–Crippen MR) is 117 cm³/mol. The molecule has 0 spiro atoms. The maximum absolute atomic E-state index is 13.9. The van der Waals surface area contributed by atoms with Crippen molar-refractivity contribution in [3.05, 3.63) is 111 Å². The number of nitrogens with one attached hydrogen (secondary N) is 1. The van der Waals surface area contributed by atoms with Crippen molar-refractivity contribution in [2.75, 3.05) is 0 Å². The monoisotopic (exact) mass is 447 g/mol. The van der Waals surface area contributed by atoms with E-state index in [4.69, 9.17) is 4.74 Å². The van der Waals surface area contributed by atoms with Gasteiger partial charge < -0.3 is 10.1 Å². The molecule has 8 nitrogen and oxygen atoms in total. The Labute approximate surface area is 188 Å². The summed E-state index contributed by atoms with van der Waals surface area (Å²) in [7, 11) is 0. The Hall–Kier alpha value is -4.53. The third-order valence-electron chi connectivity index (χ3n) is 4.99. The molecule has 1 heterocycles. The third-order valence-corrected chi connectivity index (χ3v) is 4.99. The van der Waals surface area contributed by atoms with Crippen LogP contribution < -0.4 is 10.1 Å². The number of nitrogens with zero attached hydrogens (tertiary/aromatic N) is 2. The highest BCUT2D eigenvalue weighted by Gasteiger charge is 2.33. The van der Waals surface area contributed by atoms with Gasteiger partial charge in [0.15, 0.2) is 0 Å². The van der Waals surface area contributed by atoms with Crippen LogP contribution in [0.5, 0.6) is 5.75 Å². The lowest BCUT2D eigenvalue weighted by Gasteiger charge is -2.12. The minimum Gasteiger partial charge on any atom is -0.489 e. The van der Waals surface area contributed by atoms with Gasteiger partial charge in [-0.1, -0.05) is 30.3 Å². The predicted octanol–water partition coefficient (Wildman–Crippen LogP) is 4.41. The van der Waals surface area contributed by atoms with E-state index in [0.717, 1.165) is 10.5 Å². The lowest BCUT2D eigenvalue weighted by Crippen LogP contribution is -2.30. The standard InChI is InChI=1S/C24H18FN3O5/c25-21-4-2-1-3-18(21)14-27-23(29)22(26-24(27)30)13-16-7-11-20(12-8-16)33-15-17-5-9-19(10-6-17)28(31)32/h1-13H,14-15H2,(H,26,30)/b22-13+. The second-order valence-electron chi connectivity index (χ2n) is 7.25. The van der Waals surface area contributed by atoms with Crippen LogP contribution in [0.1, 0.15) is 16.7 Å². The summed E-state index contributed by atoms with van der Waals surface area (Å²) in [5.74, 6) is -0.458. The van der Waals surface area contributed by atoms with Crippen molar-refractivity contribution in [1.82, 2.24) is 10.2 Å². The zero-order chi connectivity index (χ0) is 23.4. The molecule has 1 aliphatic rings. The molecule has 4 rings (SSSR count). The number of carbonyl (C=O) groups excluding carboxylic acids is 2. The van der Waals surface area contributed by atoms with Crippen molar-refractivity contribution in [1.29, 1.82) is 0 Å². The first-order valence-electron chi connectivity index (χ1n) is 9.95. The first kappa shape index (κ1) is 21.7. The largest absolute Gasteiger partial charge is 0.489 e. The number of hydrogen-bond acceptors (Lipinski definition) is 5. The number of ether oxygens (including phenoxy) is 1. The number of amides is 3. The first-order chi connectivity index (χ1) is 15.9. The van der Waals surface area contributed by atoms with E-state index >= 15 is 0 Å². The maximum Gasteiger partial charge on any atom is 0.329 e. The van der Waals surface area contributed by atoms with Gasteiger partial charge in [0.1, 0.15) is 23.9 Å². The van der Waals surface area contributed by atoms with Crippen LogP contribution in [0.25, 0.3) is 6.08 Å². The van der Waals surface area contributed by atoms with Gasteiger partial charge in [-0.15, -0.1) is 0 Å². The summed E-state index contributed by atoms with van der Waals surface area (Å²) in [6.45, 7) is 0.0715. The molecule has 3 amide bonds. The van der Waals surface area contributed by atoms with E-state index in [1.54, 1.807) is 42.5 Å². The van der Waals surface area contributed by atoms with Gasteiger partial charge in [0.05, 0.1) is 11.5 Å². The van der Waals surface area contributed by atoms with Crippen LogP contribution in [0.3, 0.4) is 0 Å². The van der Waals surface area contributed by atoms with Gasteiger partial charge in [-0.3, -0.25) is 19.8 Å². The summed E-state index contributed by atoms with van der Waals surface area (Å²) in [5.41, 5.74) is 1.79. The lowest BCUT2D eigenvalue weighted by atomic mass is 10.1. The van der Waals surface area contributed by atoms with E-state index in [2.05, 4.69) is 5.32 Å². The van der Waals surface area contributed by atoms with Crippen LogP contribution in [-0.4, -0.2) is 21.8 Å². The van der Waals surface area contributed by atoms with E-state index in [1.165, 1.54) is 36.4 Å². The minimum absolute atomic E-state index is 0.0113. The molecule has 166 valence electrons. The fourth-order valence-electron chi connectivity index (χ4n) is 3.22. The Bertz CT molecular complexity index is 1240. The molecule has 1 saturated heterocycles. The molecule has 3 aromatic carbocycles. The average Bonchev–Trinajstić information content (AvgIpc) is 3.07. The summed E-state index contributed by atoms with van der Waals surface area (Å²) in [6.07, 6.45) is 1.53. The van der Waals surface area contributed by atoms with Crippen molar-refractivity contribution in [3.8, 4) is 5.75 Å². The number of carbonyl (C=O) groups is 2. The SMILES string of the molecule is O=C1N/C(=C/c2ccc(OCc3ccc([N+](=O)[O-])cc3)cc2)C(=O)N1Cc1ccccc1F. The number of nitro groups is 1. The van der Waals surface area contributed by atoms with Crippen LogP contribution in [0.15, 0.2) is 78.5 Å². The Balaban J connectivity index is 1.39. The highest BCUT2D eigenvalue weighted by molar-refractivity contribution is 6.13. The summed E-state index contributed by atoms with van der Waals surface area (Å²) >= 11 is 0. The van der Waals surface area contributed by atoms with E-state index in [1.807, 2.05) is 0 Å². The van der Waals surface area contributed by atoms with Gasteiger partial charge in [-0.2, -0.15) is 0 Å². The fourth-order valence-corrected chi connectivity index (χ4v) is 3.22. The molecule has 0 atom stereocenters. The number of halogens is 1. The molecule has 3 aromatic rings. The van der Waals surface area contributed by atoms with Gasteiger partial charge >= 0.3 is 6.03 Å².